The van der Waals surface area contributed by atoms with Crippen molar-refractivity contribution >= 4 is 11.5 Å². The first-order valence-corrected chi connectivity index (χ1v) is 10.6. The molecule has 4 nitrogen and oxygen atoms in total. The van der Waals surface area contributed by atoms with Gasteiger partial charge in [-0.05, 0) is 54.3 Å². The number of carbonyl (C=O) groups excluding carboxylic acids is 1. The average Bonchev–Trinajstić information content (AvgIpc) is 2.79. The molecule has 0 aromatic heterocycles. The van der Waals surface area contributed by atoms with Crippen LogP contribution in [0.3, 0.4) is 0 Å². The Morgan fingerprint density at radius 1 is 0.839 bits per heavy atom. The van der Waals surface area contributed by atoms with Crippen molar-refractivity contribution in [1.29, 1.82) is 0 Å². The summed E-state index contributed by atoms with van der Waals surface area (Å²) in [5, 5.41) is 3.55. The topological polar surface area (TPSA) is 47.6 Å². The fourth-order valence-electron chi connectivity index (χ4n) is 3.53. The molecule has 1 atom stereocenters. The molecule has 162 valence electrons. The Balaban J connectivity index is 1.88. The number of anilines is 1. The second-order valence-corrected chi connectivity index (χ2v) is 8.08. The van der Waals surface area contributed by atoms with Crippen LogP contribution in [0, 0.1) is 6.92 Å². The SMILES string of the molecule is COc1ccc(C(=O)CC(Nc2ccc(C)cc2)c2ccc(C(C)C)cc2)cc1OC. The van der Waals surface area contributed by atoms with E-state index >= 15 is 0 Å². The Morgan fingerprint density at radius 3 is 2.03 bits per heavy atom. The van der Waals surface area contributed by atoms with Crippen molar-refractivity contribution in [3.63, 3.8) is 0 Å². The molecule has 3 aromatic rings. The lowest BCUT2D eigenvalue weighted by atomic mass is 9.94. The van der Waals surface area contributed by atoms with Gasteiger partial charge in [0.05, 0.1) is 20.3 Å². The monoisotopic (exact) mass is 417 g/mol. The maximum atomic E-state index is 13.2. The van der Waals surface area contributed by atoms with Gasteiger partial charge in [-0.15, -0.1) is 0 Å². The number of hydrogen-bond donors (Lipinski definition) is 1. The first kappa shape index (κ1) is 22.4. The van der Waals surface area contributed by atoms with Crippen LogP contribution in [0.5, 0.6) is 11.5 Å². The van der Waals surface area contributed by atoms with Crippen molar-refractivity contribution < 1.29 is 14.3 Å². The van der Waals surface area contributed by atoms with Crippen LogP contribution in [0.1, 0.15) is 59.3 Å². The molecule has 0 spiro atoms. The summed E-state index contributed by atoms with van der Waals surface area (Å²) < 4.78 is 10.7. The van der Waals surface area contributed by atoms with Gasteiger partial charge in [-0.1, -0.05) is 55.8 Å². The predicted molar refractivity (Wildman–Crippen MR) is 127 cm³/mol. The van der Waals surface area contributed by atoms with Gasteiger partial charge < -0.3 is 14.8 Å². The molecule has 3 rings (SSSR count). The summed E-state index contributed by atoms with van der Waals surface area (Å²) in [4.78, 5) is 13.2. The lowest BCUT2D eigenvalue weighted by Crippen LogP contribution is -2.16. The molecule has 3 aromatic carbocycles. The molecule has 4 heteroatoms. The molecule has 0 amide bonds. The van der Waals surface area contributed by atoms with Crippen LogP contribution < -0.4 is 14.8 Å². The van der Waals surface area contributed by atoms with Crippen molar-refractivity contribution in [2.75, 3.05) is 19.5 Å². The summed E-state index contributed by atoms with van der Waals surface area (Å²) in [6.45, 7) is 6.42. The summed E-state index contributed by atoms with van der Waals surface area (Å²) >= 11 is 0. The second-order valence-electron chi connectivity index (χ2n) is 8.08. The highest BCUT2D eigenvalue weighted by molar-refractivity contribution is 5.97. The third-order valence-corrected chi connectivity index (χ3v) is 5.49. The summed E-state index contributed by atoms with van der Waals surface area (Å²) in [7, 11) is 3.16. The Hall–Kier alpha value is -3.27. The number of hydrogen-bond acceptors (Lipinski definition) is 4. The largest absolute Gasteiger partial charge is 0.493 e. The van der Waals surface area contributed by atoms with E-state index < -0.39 is 0 Å². The third kappa shape index (κ3) is 5.66. The molecular weight excluding hydrogens is 386 g/mol. The number of carbonyl (C=O) groups is 1. The fourth-order valence-corrected chi connectivity index (χ4v) is 3.53. The summed E-state index contributed by atoms with van der Waals surface area (Å²) in [6.07, 6.45) is 0.324. The Kier molecular flexibility index (Phi) is 7.35. The molecule has 0 saturated heterocycles. The van der Waals surface area contributed by atoms with Crippen LogP contribution in [-0.4, -0.2) is 20.0 Å². The van der Waals surface area contributed by atoms with Crippen LogP contribution in [0.15, 0.2) is 66.7 Å². The van der Waals surface area contributed by atoms with Gasteiger partial charge in [0.2, 0.25) is 0 Å². The number of methoxy groups -OCH3 is 2. The van der Waals surface area contributed by atoms with E-state index in [4.69, 9.17) is 9.47 Å². The molecule has 1 unspecified atom stereocenters. The van der Waals surface area contributed by atoms with Gasteiger partial charge in [-0.3, -0.25) is 4.79 Å². The number of nitrogens with one attached hydrogen (secondary N) is 1. The molecule has 31 heavy (non-hydrogen) atoms. The second kappa shape index (κ2) is 10.2. The lowest BCUT2D eigenvalue weighted by molar-refractivity contribution is 0.0976. The van der Waals surface area contributed by atoms with E-state index in [9.17, 15) is 4.79 Å². The Morgan fingerprint density at radius 2 is 1.45 bits per heavy atom. The number of rotatable bonds is 9. The maximum absolute atomic E-state index is 13.2. The first-order chi connectivity index (χ1) is 14.9. The zero-order valence-corrected chi connectivity index (χ0v) is 18.9. The molecule has 0 aliphatic rings. The number of ketones is 1. The highest BCUT2D eigenvalue weighted by Gasteiger charge is 2.19. The summed E-state index contributed by atoms with van der Waals surface area (Å²) in [5.41, 5.74) is 5.16. The number of benzene rings is 3. The normalized spacial score (nSPS) is 11.8. The summed E-state index contributed by atoms with van der Waals surface area (Å²) in [6, 6.07) is 21.9. The minimum absolute atomic E-state index is 0.0403. The fraction of sp³-hybridized carbons (Fsp3) is 0.296. The highest BCUT2D eigenvalue weighted by Crippen LogP contribution is 2.30. The number of aryl methyl sites for hydroxylation is 1. The van der Waals surface area contributed by atoms with E-state index in [0.717, 1.165) is 11.3 Å². The predicted octanol–water partition coefficient (Wildman–Crippen LogP) is 6.56. The van der Waals surface area contributed by atoms with E-state index in [1.165, 1.54) is 11.1 Å². The van der Waals surface area contributed by atoms with E-state index in [1.807, 2.05) is 12.1 Å². The van der Waals surface area contributed by atoms with Crippen molar-refractivity contribution in [3.05, 3.63) is 89.0 Å². The average molecular weight is 418 g/mol. The Labute approximate surface area is 185 Å². The van der Waals surface area contributed by atoms with Gasteiger partial charge in [0.1, 0.15) is 0 Å². The zero-order valence-electron chi connectivity index (χ0n) is 18.9. The molecule has 0 radical (unpaired) electrons. The van der Waals surface area contributed by atoms with Crippen LogP contribution in [-0.2, 0) is 0 Å². The van der Waals surface area contributed by atoms with E-state index in [2.05, 4.69) is 62.5 Å². The standard InChI is InChI=1S/C27H31NO3/c1-18(2)20-8-10-21(11-9-20)24(28-23-13-6-19(3)7-14-23)17-25(29)22-12-15-26(30-4)27(16-22)31-5/h6-16,18,24,28H,17H2,1-5H3. The minimum atomic E-state index is -0.149. The van der Waals surface area contributed by atoms with Gasteiger partial charge in [0.15, 0.2) is 17.3 Å². The molecule has 0 saturated carbocycles. The van der Waals surface area contributed by atoms with Gasteiger partial charge in [0, 0.05) is 17.7 Å². The molecule has 0 aliphatic carbocycles. The van der Waals surface area contributed by atoms with Gasteiger partial charge in [-0.2, -0.15) is 0 Å². The van der Waals surface area contributed by atoms with Gasteiger partial charge in [-0.25, -0.2) is 0 Å². The lowest BCUT2D eigenvalue weighted by Gasteiger charge is -2.21. The molecule has 0 aliphatic heterocycles. The minimum Gasteiger partial charge on any atom is -0.493 e. The Bertz CT molecular complexity index is 1010. The van der Waals surface area contributed by atoms with Crippen molar-refractivity contribution in [2.45, 2.75) is 39.2 Å². The van der Waals surface area contributed by atoms with Gasteiger partial charge >= 0.3 is 0 Å². The zero-order chi connectivity index (χ0) is 22.4. The van der Waals surface area contributed by atoms with E-state index in [-0.39, 0.29) is 11.8 Å². The van der Waals surface area contributed by atoms with Crippen molar-refractivity contribution in [2.24, 2.45) is 0 Å². The van der Waals surface area contributed by atoms with Gasteiger partial charge in [0.25, 0.3) is 0 Å². The van der Waals surface area contributed by atoms with Crippen LogP contribution in [0.25, 0.3) is 0 Å². The quantitative estimate of drug-likeness (QED) is 0.400. The maximum Gasteiger partial charge on any atom is 0.165 e. The first-order valence-electron chi connectivity index (χ1n) is 10.6. The van der Waals surface area contributed by atoms with Crippen molar-refractivity contribution in [1.82, 2.24) is 0 Å². The summed E-state index contributed by atoms with van der Waals surface area (Å²) in [5.74, 6) is 1.67. The molecular formula is C27H31NO3. The van der Waals surface area contributed by atoms with E-state index in [1.54, 1.807) is 32.4 Å². The molecule has 0 bridgehead atoms. The highest BCUT2D eigenvalue weighted by atomic mass is 16.5. The van der Waals surface area contributed by atoms with Crippen LogP contribution in [0.2, 0.25) is 0 Å². The molecule has 0 heterocycles. The van der Waals surface area contributed by atoms with Crippen molar-refractivity contribution in [3.8, 4) is 11.5 Å². The smallest absolute Gasteiger partial charge is 0.165 e. The molecule has 1 N–H and O–H groups in total. The molecule has 0 fully saturated rings. The van der Waals surface area contributed by atoms with E-state index in [0.29, 0.717) is 29.4 Å². The third-order valence-electron chi connectivity index (χ3n) is 5.49. The van der Waals surface area contributed by atoms with Crippen LogP contribution >= 0.6 is 0 Å². The number of Topliss-reactive ketones (excluding diaryl/α,β-unsaturated/α-hetero) is 1. The number of ether oxygens (including phenoxy) is 2. The van der Waals surface area contributed by atoms with Crippen LogP contribution in [0.4, 0.5) is 5.69 Å².